The molecule has 1 amide bonds. The molecule has 0 aliphatic heterocycles. The summed E-state index contributed by atoms with van der Waals surface area (Å²) in [5.74, 6) is -0.146. The molecule has 1 atom stereocenters. The van der Waals surface area contributed by atoms with Crippen LogP contribution in [0.1, 0.15) is 40.9 Å². The highest BCUT2D eigenvalue weighted by Crippen LogP contribution is 2.30. The van der Waals surface area contributed by atoms with Gasteiger partial charge in [0.15, 0.2) is 4.77 Å². The fourth-order valence-corrected chi connectivity index (χ4v) is 3.95. The van der Waals surface area contributed by atoms with Crippen molar-refractivity contribution in [3.8, 4) is 0 Å². The minimum absolute atomic E-state index is 0.0287. The number of carbonyl (C=O) groups excluding carboxylic acids is 1. The SMILES string of the molecule is CCn1c(=S)[nH]c2cc(C(=O)NC3CCc4ccccc43)ccc2c1=O. The van der Waals surface area contributed by atoms with E-state index in [1.165, 1.54) is 15.7 Å². The second-order valence-corrected chi connectivity index (χ2v) is 6.89. The molecule has 0 fully saturated rings. The number of nitrogens with one attached hydrogen (secondary N) is 2. The summed E-state index contributed by atoms with van der Waals surface area (Å²) in [6, 6.07) is 13.3. The average Bonchev–Trinajstić information content (AvgIpc) is 3.04. The first-order chi connectivity index (χ1) is 12.6. The van der Waals surface area contributed by atoms with Gasteiger partial charge < -0.3 is 10.3 Å². The molecular weight excluding hydrogens is 346 g/mol. The molecule has 0 radical (unpaired) electrons. The standard InChI is InChI=1S/C20H19N3O2S/c1-2-23-19(25)15-9-7-13(11-17(15)22-20(23)26)18(24)21-16-10-8-12-5-3-4-6-14(12)16/h3-7,9,11,16H,2,8,10H2,1H3,(H,21,24)(H,22,26). The number of aryl methyl sites for hydroxylation is 1. The molecule has 2 aromatic carbocycles. The number of aromatic nitrogens is 2. The molecule has 5 nitrogen and oxygen atoms in total. The summed E-state index contributed by atoms with van der Waals surface area (Å²) < 4.78 is 1.87. The van der Waals surface area contributed by atoms with E-state index in [-0.39, 0.29) is 17.5 Å². The normalized spacial score (nSPS) is 15.8. The number of rotatable bonds is 3. The van der Waals surface area contributed by atoms with Crippen molar-refractivity contribution in [2.45, 2.75) is 32.4 Å². The van der Waals surface area contributed by atoms with Crippen molar-refractivity contribution in [3.63, 3.8) is 0 Å². The lowest BCUT2D eigenvalue weighted by molar-refractivity contribution is 0.0937. The van der Waals surface area contributed by atoms with Crippen LogP contribution < -0.4 is 10.9 Å². The van der Waals surface area contributed by atoms with E-state index in [4.69, 9.17) is 12.2 Å². The van der Waals surface area contributed by atoms with Gasteiger partial charge in [0.05, 0.1) is 16.9 Å². The third-order valence-electron chi connectivity index (χ3n) is 5.00. The lowest BCUT2D eigenvalue weighted by Crippen LogP contribution is -2.27. The molecule has 26 heavy (non-hydrogen) atoms. The summed E-state index contributed by atoms with van der Waals surface area (Å²) in [4.78, 5) is 28.2. The topological polar surface area (TPSA) is 66.9 Å². The van der Waals surface area contributed by atoms with Crippen LogP contribution in [-0.4, -0.2) is 15.5 Å². The van der Waals surface area contributed by atoms with Crippen LogP contribution in [0.25, 0.3) is 10.9 Å². The van der Waals surface area contributed by atoms with Gasteiger partial charge in [-0.2, -0.15) is 0 Å². The van der Waals surface area contributed by atoms with Crippen LogP contribution in [0.4, 0.5) is 0 Å². The molecule has 2 N–H and O–H groups in total. The molecule has 0 saturated heterocycles. The maximum absolute atomic E-state index is 12.7. The average molecular weight is 365 g/mol. The van der Waals surface area contributed by atoms with Gasteiger partial charge in [-0.15, -0.1) is 0 Å². The lowest BCUT2D eigenvalue weighted by atomic mass is 10.1. The Labute approximate surface area is 155 Å². The second-order valence-electron chi connectivity index (χ2n) is 6.50. The number of benzene rings is 2. The summed E-state index contributed by atoms with van der Waals surface area (Å²) in [5.41, 5.74) is 3.45. The quantitative estimate of drug-likeness (QED) is 0.698. The monoisotopic (exact) mass is 365 g/mol. The van der Waals surface area contributed by atoms with Gasteiger partial charge in [0.1, 0.15) is 0 Å². The van der Waals surface area contributed by atoms with Crippen LogP contribution in [0.3, 0.4) is 0 Å². The first kappa shape index (κ1) is 16.7. The summed E-state index contributed by atoms with van der Waals surface area (Å²) in [7, 11) is 0. The fourth-order valence-electron chi connectivity index (χ4n) is 3.63. The zero-order valence-corrected chi connectivity index (χ0v) is 15.2. The predicted octanol–water partition coefficient (Wildman–Crippen LogP) is 3.50. The number of H-pyrrole nitrogens is 1. The van der Waals surface area contributed by atoms with Gasteiger partial charge in [0, 0.05) is 12.1 Å². The summed E-state index contributed by atoms with van der Waals surface area (Å²) >= 11 is 5.24. The predicted molar refractivity (Wildman–Crippen MR) is 104 cm³/mol. The maximum Gasteiger partial charge on any atom is 0.262 e. The Bertz CT molecular complexity index is 1130. The van der Waals surface area contributed by atoms with Crippen molar-refractivity contribution in [2.75, 3.05) is 0 Å². The molecule has 0 spiro atoms. The number of fused-ring (bicyclic) bond motifs is 2. The van der Waals surface area contributed by atoms with Crippen molar-refractivity contribution in [3.05, 3.63) is 74.3 Å². The van der Waals surface area contributed by atoms with Crippen molar-refractivity contribution in [1.82, 2.24) is 14.9 Å². The lowest BCUT2D eigenvalue weighted by Gasteiger charge is -2.14. The number of nitrogens with zero attached hydrogens (tertiary/aromatic N) is 1. The Morgan fingerprint density at radius 1 is 1.31 bits per heavy atom. The number of aromatic amines is 1. The zero-order chi connectivity index (χ0) is 18.3. The van der Waals surface area contributed by atoms with Crippen LogP contribution in [-0.2, 0) is 13.0 Å². The van der Waals surface area contributed by atoms with Crippen molar-refractivity contribution < 1.29 is 4.79 Å². The van der Waals surface area contributed by atoms with Gasteiger partial charge >= 0.3 is 0 Å². The van der Waals surface area contributed by atoms with E-state index >= 15 is 0 Å². The van der Waals surface area contributed by atoms with Gasteiger partial charge in [0.2, 0.25) is 0 Å². The Kier molecular flexibility index (Phi) is 4.20. The van der Waals surface area contributed by atoms with Gasteiger partial charge in [-0.25, -0.2) is 0 Å². The Hall–Kier alpha value is -2.73. The molecule has 4 rings (SSSR count). The molecule has 1 heterocycles. The third kappa shape index (κ3) is 2.76. The fraction of sp³-hybridized carbons (Fsp3) is 0.250. The van der Waals surface area contributed by atoms with Gasteiger partial charge in [-0.05, 0) is 61.3 Å². The molecule has 132 valence electrons. The van der Waals surface area contributed by atoms with Crippen molar-refractivity contribution >= 4 is 29.0 Å². The maximum atomic E-state index is 12.7. The largest absolute Gasteiger partial charge is 0.345 e. The van der Waals surface area contributed by atoms with E-state index in [0.29, 0.717) is 27.8 Å². The highest BCUT2D eigenvalue weighted by Gasteiger charge is 2.24. The molecule has 1 unspecified atom stereocenters. The van der Waals surface area contributed by atoms with E-state index in [1.807, 2.05) is 19.1 Å². The smallest absolute Gasteiger partial charge is 0.262 e. The van der Waals surface area contributed by atoms with Gasteiger partial charge in [0.25, 0.3) is 11.5 Å². The van der Waals surface area contributed by atoms with Crippen LogP contribution in [0.5, 0.6) is 0 Å². The minimum atomic E-state index is -0.146. The van der Waals surface area contributed by atoms with Crippen LogP contribution in [0.15, 0.2) is 47.3 Å². The van der Waals surface area contributed by atoms with Crippen molar-refractivity contribution in [2.24, 2.45) is 0 Å². The first-order valence-corrected chi connectivity index (χ1v) is 9.15. The van der Waals surface area contributed by atoms with Gasteiger partial charge in [-0.1, -0.05) is 24.3 Å². The summed E-state index contributed by atoms with van der Waals surface area (Å²) in [6.07, 6.45) is 1.88. The Balaban J connectivity index is 1.66. The first-order valence-electron chi connectivity index (χ1n) is 8.74. The van der Waals surface area contributed by atoms with E-state index in [2.05, 4.69) is 22.4 Å². The highest BCUT2D eigenvalue weighted by molar-refractivity contribution is 7.71. The van der Waals surface area contributed by atoms with E-state index in [9.17, 15) is 9.59 Å². The van der Waals surface area contributed by atoms with Crippen molar-refractivity contribution in [1.29, 1.82) is 0 Å². The molecule has 1 aliphatic rings. The van der Waals surface area contributed by atoms with E-state index in [1.54, 1.807) is 18.2 Å². The Morgan fingerprint density at radius 3 is 2.92 bits per heavy atom. The summed E-state index contributed by atoms with van der Waals surface area (Å²) in [6.45, 7) is 2.38. The molecule has 3 aromatic rings. The van der Waals surface area contributed by atoms with Crippen LogP contribution >= 0.6 is 12.2 Å². The Morgan fingerprint density at radius 2 is 2.12 bits per heavy atom. The van der Waals surface area contributed by atoms with E-state index in [0.717, 1.165) is 12.8 Å². The molecule has 0 bridgehead atoms. The molecule has 6 heteroatoms. The van der Waals surface area contributed by atoms with Crippen LogP contribution in [0, 0.1) is 4.77 Å². The minimum Gasteiger partial charge on any atom is -0.345 e. The summed E-state index contributed by atoms with van der Waals surface area (Å²) in [5, 5.41) is 3.64. The van der Waals surface area contributed by atoms with E-state index < -0.39 is 0 Å². The molecular formula is C20H19N3O2S. The third-order valence-corrected chi connectivity index (χ3v) is 5.32. The zero-order valence-electron chi connectivity index (χ0n) is 14.4. The van der Waals surface area contributed by atoms with Crippen LogP contribution in [0.2, 0.25) is 0 Å². The van der Waals surface area contributed by atoms with Gasteiger partial charge in [-0.3, -0.25) is 14.2 Å². The number of amides is 1. The molecule has 0 saturated carbocycles. The second kappa shape index (κ2) is 6.53. The number of hydrogen-bond acceptors (Lipinski definition) is 3. The molecule has 1 aliphatic carbocycles. The highest BCUT2D eigenvalue weighted by atomic mass is 32.1. The molecule has 1 aromatic heterocycles. The number of carbonyl (C=O) groups is 1. The number of hydrogen-bond donors (Lipinski definition) is 2.